The van der Waals surface area contributed by atoms with Crippen molar-refractivity contribution in [2.75, 3.05) is 19.8 Å². The van der Waals surface area contributed by atoms with E-state index in [1.807, 2.05) is 13.8 Å². The Labute approximate surface area is 108 Å². The minimum atomic E-state index is -1.05. The summed E-state index contributed by atoms with van der Waals surface area (Å²) in [6.45, 7) is 4.31. The predicted octanol–water partition coefficient (Wildman–Crippen LogP) is 0.686. The molecule has 1 atom stereocenters. The molecule has 0 spiro atoms. The van der Waals surface area contributed by atoms with Gasteiger partial charge in [0.2, 0.25) is 0 Å². The van der Waals surface area contributed by atoms with Crippen LogP contribution in [0.3, 0.4) is 0 Å². The molecule has 1 N–H and O–H groups in total. The first-order chi connectivity index (χ1) is 8.50. The Bertz CT molecular complexity index is 485. The normalized spacial score (nSPS) is 19.9. The van der Waals surface area contributed by atoms with Gasteiger partial charge in [0.05, 0.1) is 18.2 Å². The molecule has 1 amide bonds. The van der Waals surface area contributed by atoms with E-state index in [0.717, 1.165) is 9.88 Å². The summed E-state index contributed by atoms with van der Waals surface area (Å²) in [5.41, 5.74) is 0.352. The van der Waals surface area contributed by atoms with E-state index in [2.05, 4.69) is 4.98 Å². The van der Waals surface area contributed by atoms with Gasteiger partial charge in [-0.15, -0.1) is 11.3 Å². The van der Waals surface area contributed by atoms with Crippen molar-refractivity contribution < 1.29 is 19.4 Å². The zero-order valence-electron chi connectivity index (χ0n) is 10.2. The Balaban J connectivity index is 2.26. The molecule has 1 aliphatic heterocycles. The first kappa shape index (κ1) is 13.0. The van der Waals surface area contributed by atoms with Crippen LogP contribution in [0.5, 0.6) is 0 Å². The van der Waals surface area contributed by atoms with E-state index < -0.39 is 12.0 Å². The number of carbonyl (C=O) groups excluding carboxylic acids is 1. The maximum Gasteiger partial charge on any atom is 0.328 e. The highest BCUT2D eigenvalue weighted by atomic mass is 32.1. The molecular formula is C11H14N2O4S. The van der Waals surface area contributed by atoms with Gasteiger partial charge < -0.3 is 14.7 Å². The Morgan fingerprint density at radius 1 is 1.50 bits per heavy atom. The number of aliphatic carboxylic acids is 1. The topological polar surface area (TPSA) is 79.7 Å². The first-order valence-corrected chi connectivity index (χ1v) is 6.38. The molecule has 1 fully saturated rings. The third-order valence-corrected chi connectivity index (χ3v) is 3.67. The van der Waals surface area contributed by atoms with Gasteiger partial charge in [0.25, 0.3) is 5.91 Å². The second-order valence-electron chi connectivity index (χ2n) is 4.07. The van der Waals surface area contributed by atoms with E-state index >= 15 is 0 Å². The fourth-order valence-electron chi connectivity index (χ4n) is 1.91. The quantitative estimate of drug-likeness (QED) is 0.855. The zero-order chi connectivity index (χ0) is 13.3. The molecule has 1 aromatic rings. The van der Waals surface area contributed by atoms with E-state index in [1.54, 1.807) is 0 Å². The van der Waals surface area contributed by atoms with Crippen LogP contribution < -0.4 is 0 Å². The van der Waals surface area contributed by atoms with Crippen LogP contribution in [0.15, 0.2) is 0 Å². The fraction of sp³-hybridized carbons (Fsp3) is 0.545. The van der Waals surface area contributed by atoms with Crippen LogP contribution in [0.2, 0.25) is 0 Å². The molecule has 6 nitrogen and oxygen atoms in total. The number of morpholine rings is 1. The number of ether oxygens (including phenoxy) is 1. The van der Waals surface area contributed by atoms with E-state index in [-0.39, 0.29) is 19.1 Å². The minimum Gasteiger partial charge on any atom is -0.480 e. The first-order valence-electron chi connectivity index (χ1n) is 5.56. The molecule has 0 aromatic carbocycles. The number of carboxylic acid groups (broad SMARTS) is 1. The lowest BCUT2D eigenvalue weighted by Crippen LogP contribution is -2.52. The van der Waals surface area contributed by atoms with Gasteiger partial charge in [0.1, 0.15) is 5.69 Å². The number of aryl methyl sites for hydroxylation is 2. The van der Waals surface area contributed by atoms with Crippen LogP contribution in [0.1, 0.15) is 20.4 Å². The number of amides is 1. The lowest BCUT2D eigenvalue weighted by Gasteiger charge is -2.32. The number of thiazole rings is 1. The number of aromatic nitrogens is 1. The van der Waals surface area contributed by atoms with Crippen molar-refractivity contribution in [3.05, 3.63) is 15.6 Å². The Morgan fingerprint density at radius 2 is 2.22 bits per heavy atom. The van der Waals surface area contributed by atoms with E-state index in [0.29, 0.717) is 12.3 Å². The van der Waals surface area contributed by atoms with Gasteiger partial charge in [-0.25, -0.2) is 9.78 Å². The summed E-state index contributed by atoms with van der Waals surface area (Å²) < 4.78 is 5.10. The van der Waals surface area contributed by atoms with E-state index in [1.165, 1.54) is 16.2 Å². The Hall–Kier alpha value is -1.47. The molecule has 0 bridgehead atoms. The average molecular weight is 270 g/mol. The van der Waals surface area contributed by atoms with E-state index in [9.17, 15) is 9.59 Å². The molecule has 2 heterocycles. The van der Waals surface area contributed by atoms with Crippen molar-refractivity contribution in [2.24, 2.45) is 0 Å². The molecule has 1 saturated heterocycles. The molecule has 1 unspecified atom stereocenters. The van der Waals surface area contributed by atoms with Crippen LogP contribution in [-0.4, -0.2) is 52.7 Å². The largest absolute Gasteiger partial charge is 0.480 e. The van der Waals surface area contributed by atoms with Gasteiger partial charge in [0, 0.05) is 11.4 Å². The summed E-state index contributed by atoms with van der Waals surface area (Å²) in [6.07, 6.45) is 0. The van der Waals surface area contributed by atoms with Gasteiger partial charge in [-0.2, -0.15) is 0 Å². The van der Waals surface area contributed by atoms with Crippen LogP contribution in [0, 0.1) is 13.8 Å². The molecule has 0 saturated carbocycles. The van der Waals surface area contributed by atoms with Crippen LogP contribution >= 0.6 is 11.3 Å². The van der Waals surface area contributed by atoms with Crippen molar-refractivity contribution in [1.29, 1.82) is 0 Å². The molecule has 1 aromatic heterocycles. The molecule has 0 radical (unpaired) electrons. The minimum absolute atomic E-state index is 0.0310. The number of rotatable bonds is 2. The Kier molecular flexibility index (Phi) is 3.63. The van der Waals surface area contributed by atoms with Crippen LogP contribution in [-0.2, 0) is 9.53 Å². The molecule has 18 heavy (non-hydrogen) atoms. The van der Waals surface area contributed by atoms with Gasteiger partial charge in [-0.3, -0.25) is 4.79 Å². The highest BCUT2D eigenvalue weighted by Gasteiger charge is 2.34. The molecular weight excluding hydrogens is 256 g/mol. The molecule has 1 aliphatic rings. The third-order valence-electron chi connectivity index (χ3n) is 2.78. The van der Waals surface area contributed by atoms with Crippen molar-refractivity contribution >= 4 is 23.2 Å². The summed E-state index contributed by atoms with van der Waals surface area (Å²) in [5, 5.41) is 9.89. The smallest absolute Gasteiger partial charge is 0.328 e. The highest BCUT2D eigenvalue weighted by molar-refractivity contribution is 7.11. The average Bonchev–Trinajstić information content (AvgIpc) is 2.67. The standard InChI is InChI=1S/C11H14N2O4S/c1-6-9(12-7(2)18-6)10(14)13-3-4-17-5-8(13)11(15)16/h8H,3-5H2,1-2H3,(H,15,16). The number of hydrogen-bond acceptors (Lipinski definition) is 5. The van der Waals surface area contributed by atoms with Crippen LogP contribution in [0.25, 0.3) is 0 Å². The second kappa shape index (κ2) is 5.03. The SMILES string of the molecule is Cc1nc(C(=O)N2CCOCC2C(=O)O)c(C)s1. The van der Waals surface area contributed by atoms with Crippen molar-refractivity contribution in [1.82, 2.24) is 9.88 Å². The maximum absolute atomic E-state index is 12.3. The molecule has 7 heteroatoms. The molecule has 98 valence electrons. The third kappa shape index (κ3) is 2.37. The summed E-state index contributed by atoms with van der Waals surface area (Å²) >= 11 is 1.43. The summed E-state index contributed by atoms with van der Waals surface area (Å²) in [6, 6.07) is -0.923. The van der Waals surface area contributed by atoms with Crippen molar-refractivity contribution in [2.45, 2.75) is 19.9 Å². The Morgan fingerprint density at radius 3 is 2.78 bits per heavy atom. The molecule has 0 aliphatic carbocycles. The van der Waals surface area contributed by atoms with E-state index in [4.69, 9.17) is 9.84 Å². The van der Waals surface area contributed by atoms with Crippen molar-refractivity contribution in [3.8, 4) is 0 Å². The second-order valence-corrected chi connectivity index (χ2v) is 5.47. The van der Waals surface area contributed by atoms with Gasteiger partial charge in [0.15, 0.2) is 6.04 Å². The number of nitrogens with zero attached hydrogens (tertiary/aromatic N) is 2. The summed E-state index contributed by atoms with van der Waals surface area (Å²) in [7, 11) is 0. The van der Waals surface area contributed by atoms with Crippen LogP contribution in [0.4, 0.5) is 0 Å². The zero-order valence-corrected chi connectivity index (χ0v) is 11.0. The number of carboxylic acids is 1. The van der Waals surface area contributed by atoms with Gasteiger partial charge >= 0.3 is 5.97 Å². The summed E-state index contributed by atoms with van der Waals surface area (Å²) in [5.74, 6) is -1.37. The lowest BCUT2D eigenvalue weighted by molar-refractivity contribution is -0.147. The lowest BCUT2D eigenvalue weighted by atomic mass is 10.2. The monoisotopic (exact) mass is 270 g/mol. The van der Waals surface area contributed by atoms with Gasteiger partial charge in [-0.05, 0) is 13.8 Å². The van der Waals surface area contributed by atoms with Gasteiger partial charge in [-0.1, -0.05) is 0 Å². The number of carbonyl (C=O) groups is 2. The maximum atomic E-state index is 12.3. The molecule has 2 rings (SSSR count). The summed E-state index contributed by atoms with van der Waals surface area (Å²) in [4.78, 5) is 29.7. The fourth-order valence-corrected chi connectivity index (χ4v) is 2.72. The number of hydrogen-bond donors (Lipinski definition) is 1. The highest BCUT2D eigenvalue weighted by Crippen LogP contribution is 2.20. The predicted molar refractivity (Wildman–Crippen MR) is 64.9 cm³/mol. The van der Waals surface area contributed by atoms with Crippen molar-refractivity contribution in [3.63, 3.8) is 0 Å².